The summed E-state index contributed by atoms with van der Waals surface area (Å²) in [5, 5.41) is 0. The SMILES string of the molecule is C#CCN(CC)C(=O)c1cccc(F)c1. The van der Waals surface area contributed by atoms with Crippen LogP contribution < -0.4 is 0 Å². The van der Waals surface area contributed by atoms with Gasteiger partial charge in [-0.1, -0.05) is 12.0 Å². The van der Waals surface area contributed by atoms with Crippen LogP contribution >= 0.6 is 0 Å². The molecule has 0 atom stereocenters. The zero-order valence-corrected chi connectivity index (χ0v) is 8.53. The van der Waals surface area contributed by atoms with Gasteiger partial charge in [-0.15, -0.1) is 6.42 Å². The van der Waals surface area contributed by atoms with Crippen LogP contribution in [0.5, 0.6) is 0 Å². The van der Waals surface area contributed by atoms with Gasteiger partial charge in [-0.2, -0.15) is 0 Å². The van der Waals surface area contributed by atoms with Gasteiger partial charge >= 0.3 is 0 Å². The zero-order valence-electron chi connectivity index (χ0n) is 8.53. The number of carbonyl (C=O) groups is 1. The fourth-order valence-electron chi connectivity index (χ4n) is 1.24. The second-order valence-electron chi connectivity index (χ2n) is 3.03. The molecular weight excluding hydrogens is 193 g/mol. The third-order valence-corrected chi connectivity index (χ3v) is 2.02. The molecular formula is C12H12FNO. The Bertz CT molecular complexity index is 395. The van der Waals surface area contributed by atoms with Gasteiger partial charge in [-0.25, -0.2) is 4.39 Å². The maximum atomic E-state index is 12.9. The van der Waals surface area contributed by atoms with E-state index in [1.165, 1.54) is 23.1 Å². The summed E-state index contributed by atoms with van der Waals surface area (Å²) in [6, 6.07) is 5.59. The van der Waals surface area contributed by atoms with Crippen molar-refractivity contribution in [3.63, 3.8) is 0 Å². The van der Waals surface area contributed by atoms with Crippen LogP contribution in [0.2, 0.25) is 0 Å². The van der Waals surface area contributed by atoms with Crippen molar-refractivity contribution in [1.29, 1.82) is 0 Å². The van der Waals surface area contributed by atoms with Crippen LogP contribution in [0.25, 0.3) is 0 Å². The van der Waals surface area contributed by atoms with Crippen LogP contribution in [0.15, 0.2) is 24.3 Å². The lowest BCUT2D eigenvalue weighted by Gasteiger charge is -2.17. The summed E-state index contributed by atoms with van der Waals surface area (Å²) >= 11 is 0. The number of halogens is 1. The molecule has 1 rings (SSSR count). The van der Waals surface area contributed by atoms with Gasteiger partial charge in [0.25, 0.3) is 5.91 Å². The predicted octanol–water partition coefficient (Wildman–Crippen LogP) is 1.92. The molecule has 15 heavy (non-hydrogen) atoms. The quantitative estimate of drug-likeness (QED) is 0.690. The topological polar surface area (TPSA) is 20.3 Å². The highest BCUT2D eigenvalue weighted by molar-refractivity contribution is 5.94. The molecule has 0 aliphatic rings. The predicted molar refractivity (Wildman–Crippen MR) is 56.8 cm³/mol. The number of terminal acetylenes is 1. The fraction of sp³-hybridized carbons (Fsp3) is 0.250. The van der Waals surface area contributed by atoms with Crippen LogP contribution in [0.1, 0.15) is 17.3 Å². The van der Waals surface area contributed by atoms with Gasteiger partial charge in [0, 0.05) is 12.1 Å². The lowest BCUT2D eigenvalue weighted by Crippen LogP contribution is -2.31. The third-order valence-electron chi connectivity index (χ3n) is 2.02. The summed E-state index contributed by atoms with van der Waals surface area (Å²) in [4.78, 5) is 13.3. The second kappa shape index (κ2) is 5.16. The second-order valence-corrected chi connectivity index (χ2v) is 3.03. The number of amides is 1. The molecule has 0 saturated carbocycles. The van der Waals surface area contributed by atoms with Crippen molar-refractivity contribution in [2.75, 3.05) is 13.1 Å². The van der Waals surface area contributed by atoms with E-state index in [9.17, 15) is 9.18 Å². The van der Waals surface area contributed by atoms with E-state index >= 15 is 0 Å². The summed E-state index contributed by atoms with van der Waals surface area (Å²) in [5.74, 6) is 1.74. The Hall–Kier alpha value is -1.82. The molecule has 3 heteroatoms. The average molecular weight is 205 g/mol. The highest BCUT2D eigenvalue weighted by Crippen LogP contribution is 2.07. The molecule has 0 saturated heterocycles. The van der Waals surface area contributed by atoms with E-state index in [4.69, 9.17) is 6.42 Å². The normalized spacial score (nSPS) is 9.40. The molecule has 0 spiro atoms. The number of hydrogen-bond acceptors (Lipinski definition) is 1. The minimum absolute atomic E-state index is 0.241. The Balaban J connectivity index is 2.88. The lowest BCUT2D eigenvalue weighted by atomic mass is 10.2. The summed E-state index contributed by atoms with van der Waals surface area (Å²) in [6.45, 7) is 2.58. The monoisotopic (exact) mass is 205 g/mol. The summed E-state index contributed by atoms with van der Waals surface area (Å²) < 4.78 is 12.9. The molecule has 2 nitrogen and oxygen atoms in total. The van der Waals surface area contributed by atoms with E-state index in [-0.39, 0.29) is 12.5 Å². The van der Waals surface area contributed by atoms with E-state index in [2.05, 4.69) is 5.92 Å². The summed E-state index contributed by atoms with van der Waals surface area (Å²) in [5.41, 5.74) is 0.326. The highest BCUT2D eigenvalue weighted by atomic mass is 19.1. The van der Waals surface area contributed by atoms with Gasteiger partial charge in [0.2, 0.25) is 0 Å². The summed E-state index contributed by atoms with van der Waals surface area (Å²) in [7, 11) is 0. The molecule has 1 amide bonds. The van der Waals surface area contributed by atoms with Crippen LogP contribution in [-0.2, 0) is 0 Å². The first-order valence-electron chi connectivity index (χ1n) is 4.67. The van der Waals surface area contributed by atoms with E-state index in [0.29, 0.717) is 12.1 Å². The Morgan fingerprint density at radius 3 is 2.87 bits per heavy atom. The Kier molecular flexibility index (Phi) is 3.87. The van der Waals surface area contributed by atoms with Crippen molar-refractivity contribution in [3.8, 4) is 12.3 Å². The van der Waals surface area contributed by atoms with Gasteiger partial charge < -0.3 is 4.90 Å². The average Bonchev–Trinajstić information content (AvgIpc) is 2.25. The maximum absolute atomic E-state index is 12.9. The number of carbonyl (C=O) groups excluding carboxylic acids is 1. The molecule has 1 aromatic rings. The number of hydrogen-bond donors (Lipinski definition) is 0. The van der Waals surface area contributed by atoms with Crippen molar-refractivity contribution >= 4 is 5.91 Å². The standard InChI is InChI=1S/C12H12FNO/c1-3-8-14(4-2)12(15)10-6-5-7-11(13)9-10/h1,5-7,9H,4,8H2,2H3. The third kappa shape index (κ3) is 2.81. The van der Waals surface area contributed by atoms with Crippen LogP contribution in [0, 0.1) is 18.2 Å². The molecule has 0 aromatic heterocycles. The molecule has 0 aliphatic heterocycles. The molecule has 1 aromatic carbocycles. The Labute approximate surface area is 88.7 Å². The number of benzene rings is 1. The molecule has 0 heterocycles. The molecule has 0 bridgehead atoms. The van der Waals surface area contributed by atoms with Crippen molar-refractivity contribution in [2.45, 2.75) is 6.92 Å². The first-order valence-corrected chi connectivity index (χ1v) is 4.67. The minimum Gasteiger partial charge on any atom is -0.328 e. The number of nitrogens with zero attached hydrogens (tertiary/aromatic N) is 1. The van der Waals surface area contributed by atoms with E-state index in [1.54, 1.807) is 6.07 Å². The molecule has 0 N–H and O–H groups in total. The smallest absolute Gasteiger partial charge is 0.254 e. The van der Waals surface area contributed by atoms with Crippen LogP contribution in [0.4, 0.5) is 4.39 Å². The van der Waals surface area contributed by atoms with Gasteiger partial charge in [-0.3, -0.25) is 4.79 Å². The van der Waals surface area contributed by atoms with Crippen molar-refractivity contribution < 1.29 is 9.18 Å². The van der Waals surface area contributed by atoms with Crippen molar-refractivity contribution in [3.05, 3.63) is 35.6 Å². The van der Waals surface area contributed by atoms with Gasteiger partial charge in [-0.05, 0) is 25.1 Å². The number of rotatable bonds is 3. The molecule has 0 fully saturated rings. The van der Waals surface area contributed by atoms with Crippen LogP contribution in [-0.4, -0.2) is 23.9 Å². The van der Waals surface area contributed by atoms with Gasteiger partial charge in [0.1, 0.15) is 5.82 Å². The Morgan fingerprint density at radius 2 is 2.33 bits per heavy atom. The minimum atomic E-state index is -0.419. The zero-order chi connectivity index (χ0) is 11.3. The fourth-order valence-corrected chi connectivity index (χ4v) is 1.24. The lowest BCUT2D eigenvalue weighted by molar-refractivity contribution is 0.0784. The van der Waals surface area contributed by atoms with E-state index in [0.717, 1.165) is 0 Å². The first-order chi connectivity index (χ1) is 7.19. The molecule has 78 valence electrons. The van der Waals surface area contributed by atoms with E-state index in [1.807, 2.05) is 6.92 Å². The van der Waals surface area contributed by atoms with Crippen molar-refractivity contribution in [1.82, 2.24) is 4.90 Å². The maximum Gasteiger partial charge on any atom is 0.254 e. The Morgan fingerprint density at radius 1 is 1.60 bits per heavy atom. The van der Waals surface area contributed by atoms with E-state index < -0.39 is 5.82 Å². The van der Waals surface area contributed by atoms with Crippen LogP contribution in [0.3, 0.4) is 0 Å². The van der Waals surface area contributed by atoms with Gasteiger partial charge in [0.15, 0.2) is 0 Å². The molecule has 0 unspecified atom stereocenters. The largest absolute Gasteiger partial charge is 0.328 e. The summed E-state index contributed by atoms with van der Waals surface area (Å²) in [6.07, 6.45) is 5.13. The molecule has 0 aliphatic carbocycles. The molecule has 0 radical (unpaired) electrons. The van der Waals surface area contributed by atoms with Gasteiger partial charge in [0.05, 0.1) is 6.54 Å². The highest BCUT2D eigenvalue weighted by Gasteiger charge is 2.12. The first kappa shape index (κ1) is 11.3. The van der Waals surface area contributed by atoms with Crippen molar-refractivity contribution in [2.24, 2.45) is 0 Å².